The second-order valence-corrected chi connectivity index (χ2v) is 6.84. The van der Waals surface area contributed by atoms with E-state index in [9.17, 15) is 0 Å². The van der Waals surface area contributed by atoms with Crippen LogP contribution in [0.1, 0.15) is 28.5 Å². The highest BCUT2D eigenvalue weighted by Gasteiger charge is 2.38. The Bertz CT molecular complexity index is 685. The molecule has 2 nitrogen and oxygen atoms in total. The van der Waals surface area contributed by atoms with Gasteiger partial charge in [0.2, 0.25) is 0 Å². The van der Waals surface area contributed by atoms with Crippen molar-refractivity contribution >= 4 is 22.6 Å². The first-order chi connectivity index (χ1) is 10.3. The molecular weight excluding hydrogens is 373 g/mol. The van der Waals surface area contributed by atoms with Crippen molar-refractivity contribution in [1.82, 2.24) is 4.90 Å². The quantitative estimate of drug-likeness (QED) is 0.523. The summed E-state index contributed by atoms with van der Waals surface area (Å²) in [5.41, 5.74) is 4.13. The normalized spacial score (nSPS) is 23.7. The summed E-state index contributed by atoms with van der Waals surface area (Å²) in [4.78, 5) is 2.44. The summed E-state index contributed by atoms with van der Waals surface area (Å²) in [6.45, 7) is 2.22. The van der Waals surface area contributed by atoms with Gasteiger partial charge in [-0.2, -0.15) is 0 Å². The van der Waals surface area contributed by atoms with Gasteiger partial charge in [0, 0.05) is 34.9 Å². The van der Waals surface area contributed by atoms with Crippen LogP contribution in [0, 0.1) is 0 Å². The van der Waals surface area contributed by atoms with Gasteiger partial charge in [-0.15, -0.1) is 0 Å². The van der Waals surface area contributed by atoms with Crippen LogP contribution < -0.4 is 4.74 Å². The molecule has 108 valence electrons. The molecule has 2 aromatic rings. The van der Waals surface area contributed by atoms with Crippen LogP contribution in [-0.2, 0) is 4.43 Å². The molecule has 0 radical (unpaired) electrons. The summed E-state index contributed by atoms with van der Waals surface area (Å²) in [5.74, 6) is 3.15. The zero-order valence-electron chi connectivity index (χ0n) is 12.1. The molecule has 1 fully saturated rings. The fraction of sp³-hybridized carbons (Fsp3) is 0.333. The third-order valence-corrected chi connectivity index (χ3v) is 5.55. The van der Waals surface area contributed by atoms with Crippen LogP contribution in [-0.4, -0.2) is 25.0 Å². The third kappa shape index (κ3) is 2.27. The van der Waals surface area contributed by atoms with E-state index in [4.69, 9.17) is 4.74 Å². The van der Waals surface area contributed by atoms with Crippen LogP contribution in [0.5, 0.6) is 11.5 Å². The number of benzene rings is 2. The molecule has 2 aliphatic rings. The molecule has 0 saturated carbocycles. The number of nitrogens with zero attached hydrogens (tertiary/aromatic N) is 1. The van der Waals surface area contributed by atoms with Crippen LogP contribution >= 0.6 is 22.6 Å². The first-order valence-electron chi connectivity index (χ1n) is 7.40. The minimum absolute atomic E-state index is 0.538. The Morgan fingerprint density at radius 1 is 1.05 bits per heavy atom. The molecular formula is C18H18INO. The number of likely N-dealkylation sites (tertiary alicyclic amines) is 1. The summed E-state index contributed by atoms with van der Waals surface area (Å²) < 4.78 is 7.30. The van der Waals surface area contributed by atoms with Gasteiger partial charge in [0.15, 0.2) is 0 Å². The van der Waals surface area contributed by atoms with E-state index in [1.54, 1.807) is 0 Å². The van der Waals surface area contributed by atoms with Crippen molar-refractivity contribution < 1.29 is 4.74 Å². The number of likely N-dealkylation sites (N-methyl/N-ethyl adjacent to an activating group) is 1. The minimum atomic E-state index is 0.538. The molecule has 2 aromatic carbocycles. The Morgan fingerprint density at radius 2 is 1.76 bits per heavy atom. The third-order valence-electron chi connectivity index (χ3n) is 4.67. The molecule has 21 heavy (non-hydrogen) atoms. The van der Waals surface area contributed by atoms with Gasteiger partial charge in [-0.1, -0.05) is 52.9 Å². The van der Waals surface area contributed by atoms with Crippen molar-refractivity contribution in [3.8, 4) is 11.5 Å². The predicted octanol–water partition coefficient (Wildman–Crippen LogP) is 4.54. The second-order valence-electron chi connectivity index (χ2n) is 6.08. The van der Waals surface area contributed by atoms with E-state index in [1.807, 2.05) is 0 Å². The van der Waals surface area contributed by atoms with Gasteiger partial charge in [0.25, 0.3) is 0 Å². The predicted molar refractivity (Wildman–Crippen MR) is 93.7 cm³/mol. The molecule has 2 aliphatic heterocycles. The van der Waals surface area contributed by atoms with Crippen LogP contribution in [0.4, 0.5) is 0 Å². The summed E-state index contributed by atoms with van der Waals surface area (Å²) in [5, 5.41) is 0. The van der Waals surface area contributed by atoms with E-state index in [2.05, 4.69) is 77.0 Å². The SMILES string of the molecule is CN1C[C@H]2c3ccccc3Oc3ccc(CI)cc3[C@@H]2C1. The second kappa shape index (κ2) is 5.29. The average molecular weight is 391 g/mol. The largest absolute Gasteiger partial charge is 0.457 e. The van der Waals surface area contributed by atoms with Gasteiger partial charge in [-0.05, 0) is 30.3 Å². The van der Waals surface area contributed by atoms with Gasteiger partial charge in [0.1, 0.15) is 11.5 Å². The Morgan fingerprint density at radius 3 is 2.57 bits per heavy atom. The van der Waals surface area contributed by atoms with Crippen LogP contribution in [0.3, 0.4) is 0 Å². The molecule has 1 saturated heterocycles. The molecule has 4 rings (SSSR count). The number of hydrogen-bond acceptors (Lipinski definition) is 2. The highest BCUT2D eigenvalue weighted by atomic mass is 127. The van der Waals surface area contributed by atoms with Crippen LogP contribution in [0.15, 0.2) is 42.5 Å². The number of halogens is 1. The highest BCUT2D eigenvalue weighted by Crippen LogP contribution is 2.49. The standard InChI is InChI=1S/C18H18INO/c1-20-10-15-13-4-2-3-5-17(13)21-18-7-6-12(9-19)8-14(18)16(15)11-20/h2-8,15-16H,9-11H2,1H3/t15-,16-/m0/s1. The molecule has 0 amide bonds. The van der Waals surface area contributed by atoms with Crippen molar-refractivity contribution in [1.29, 1.82) is 0 Å². The molecule has 0 bridgehead atoms. The molecule has 0 N–H and O–H groups in total. The fourth-order valence-electron chi connectivity index (χ4n) is 3.69. The molecule has 3 heteroatoms. The van der Waals surface area contributed by atoms with E-state index >= 15 is 0 Å². The van der Waals surface area contributed by atoms with Gasteiger partial charge >= 0.3 is 0 Å². The van der Waals surface area contributed by atoms with Gasteiger partial charge in [0.05, 0.1) is 0 Å². The average Bonchev–Trinajstić information content (AvgIpc) is 2.84. The summed E-state index contributed by atoms with van der Waals surface area (Å²) in [7, 11) is 2.22. The lowest BCUT2D eigenvalue weighted by Gasteiger charge is -2.17. The Kier molecular flexibility index (Phi) is 3.42. The van der Waals surface area contributed by atoms with Crippen molar-refractivity contribution in [3.63, 3.8) is 0 Å². The molecule has 2 atom stereocenters. The maximum absolute atomic E-state index is 6.25. The van der Waals surface area contributed by atoms with Gasteiger partial charge in [-0.3, -0.25) is 0 Å². The minimum Gasteiger partial charge on any atom is -0.457 e. The molecule has 0 aromatic heterocycles. The summed E-state index contributed by atoms with van der Waals surface area (Å²) >= 11 is 2.43. The fourth-order valence-corrected chi connectivity index (χ4v) is 4.17. The lowest BCUT2D eigenvalue weighted by Crippen LogP contribution is -2.14. The monoisotopic (exact) mass is 391 g/mol. The zero-order chi connectivity index (χ0) is 14.4. The number of hydrogen-bond donors (Lipinski definition) is 0. The van der Waals surface area contributed by atoms with E-state index in [0.717, 1.165) is 29.0 Å². The van der Waals surface area contributed by atoms with Crippen molar-refractivity contribution in [2.75, 3.05) is 20.1 Å². The van der Waals surface area contributed by atoms with Crippen molar-refractivity contribution in [3.05, 3.63) is 59.2 Å². The molecule has 0 spiro atoms. The first kappa shape index (κ1) is 13.6. The zero-order valence-corrected chi connectivity index (χ0v) is 14.2. The summed E-state index contributed by atoms with van der Waals surface area (Å²) in [6, 6.07) is 15.2. The van der Waals surface area contributed by atoms with Crippen molar-refractivity contribution in [2.45, 2.75) is 16.3 Å². The smallest absolute Gasteiger partial charge is 0.131 e. The van der Waals surface area contributed by atoms with Crippen LogP contribution in [0.2, 0.25) is 0 Å². The van der Waals surface area contributed by atoms with E-state index in [1.165, 1.54) is 16.7 Å². The maximum atomic E-state index is 6.25. The van der Waals surface area contributed by atoms with Gasteiger partial charge < -0.3 is 9.64 Å². The van der Waals surface area contributed by atoms with Crippen LogP contribution in [0.25, 0.3) is 0 Å². The lowest BCUT2D eigenvalue weighted by atomic mass is 9.84. The number of ether oxygens (including phenoxy) is 1. The highest BCUT2D eigenvalue weighted by molar-refractivity contribution is 14.1. The topological polar surface area (TPSA) is 12.5 Å². The van der Waals surface area contributed by atoms with E-state index in [-0.39, 0.29) is 0 Å². The van der Waals surface area contributed by atoms with Crippen molar-refractivity contribution in [2.24, 2.45) is 0 Å². The number of rotatable bonds is 1. The molecule has 2 heterocycles. The van der Waals surface area contributed by atoms with E-state index < -0.39 is 0 Å². The Balaban J connectivity index is 1.90. The molecule has 0 aliphatic carbocycles. The molecule has 0 unspecified atom stereocenters. The number of para-hydroxylation sites is 1. The first-order valence-corrected chi connectivity index (χ1v) is 8.93. The number of alkyl halides is 1. The lowest BCUT2D eigenvalue weighted by molar-refractivity contribution is 0.401. The van der Waals surface area contributed by atoms with E-state index in [0.29, 0.717) is 11.8 Å². The Hall–Kier alpha value is -1.07. The Labute approximate surface area is 139 Å². The van der Waals surface area contributed by atoms with Gasteiger partial charge in [-0.25, -0.2) is 0 Å². The summed E-state index contributed by atoms with van der Waals surface area (Å²) in [6.07, 6.45) is 0. The number of fused-ring (bicyclic) bond motifs is 5. The maximum Gasteiger partial charge on any atom is 0.131 e.